The molecule has 5 rings (SSSR count). The molecule has 0 radical (unpaired) electrons. The molecule has 1 N–H and O–H groups in total. The zero-order valence-corrected chi connectivity index (χ0v) is 26.9. The summed E-state index contributed by atoms with van der Waals surface area (Å²) in [6.07, 6.45) is -0.208. The van der Waals surface area contributed by atoms with Crippen molar-refractivity contribution in [3.8, 4) is 11.3 Å². The molecule has 2 saturated heterocycles. The van der Waals surface area contributed by atoms with Crippen molar-refractivity contribution < 1.29 is 27.1 Å². The van der Waals surface area contributed by atoms with Crippen LogP contribution in [0.5, 0.6) is 0 Å². The van der Waals surface area contributed by atoms with Gasteiger partial charge in [-0.1, -0.05) is 22.9 Å². The second-order valence-corrected chi connectivity index (χ2v) is 12.9. The molecule has 0 amide bonds. The molecule has 2 aliphatic rings. The van der Waals surface area contributed by atoms with Gasteiger partial charge < -0.3 is 19.9 Å². The third-order valence-corrected chi connectivity index (χ3v) is 9.46. The molecule has 0 saturated carbocycles. The van der Waals surface area contributed by atoms with Gasteiger partial charge in [-0.2, -0.15) is 17.6 Å². The standard InChI is InChI=1S/C30H36ClF4N7O2S/c1-4-44-24(43)8-10-40(3)22-7-11-42(15-22)28-25(32)27(36-17-37-28)39-29-38-26(23(45-29)16-41-9-5-6-18(41)2)19-12-20(30(33,34)35)14-21(31)13-19/h12-14,17-18,22H,4-11,15-16H2,1-3H3,(H,36,37,38,39)/t18-,22+/m1/s1. The largest absolute Gasteiger partial charge is 0.466 e. The predicted molar refractivity (Wildman–Crippen MR) is 166 cm³/mol. The third-order valence-electron chi connectivity index (χ3n) is 8.29. The van der Waals surface area contributed by atoms with Crippen LogP contribution >= 0.6 is 22.9 Å². The molecule has 244 valence electrons. The molecular formula is C30H36ClF4N7O2S. The highest BCUT2D eigenvalue weighted by Gasteiger charge is 2.33. The Bertz CT molecular complexity index is 1510. The smallest absolute Gasteiger partial charge is 0.416 e. The van der Waals surface area contributed by atoms with E-state index in [9.17, 15) is 18.0 Å². The van der Waals surface area contributed by atoms with Crippen LogP contribution in [0.4, 0.5) is 34.3 Å². The van der Waals surface area contributed by atoms with E-state index in [0.717, 1.165) is 42.8 Å². The number of carbonyl (C=O) groups is 1. The number of nitrogens with zero attached hydrogens (tertiary/aromatic N) is 6. The summed E-state index contributed by atoms with van der Waals surface area (Å²) in [7, 11) is 1.93. The summed E-state index contributed by atoms with van der Waals surface area (Å²) in [6.45, 7) is 7.18. The van der Waals surface area contributed by atoms with Crippen LogP contribution in [0, 0.1) is 5.82 Å². The summed E-state index contributed by atoms with van der Waals surface area (Å²) in [4.78, 5) is 31.6. The van der Waals surface area contributed by atoms with E-state index in [-0.39, 0.29) is 40.7 Å². The molecule has 2 atom stereocenters. The Morgan fingerprint density at radius 3 is 2.73 bits per heavy atom. The number of ether oxygens (including phenoxy) is 1. The first-order valence-corrected chi connectivity index (χ1v) is 16.1. The number of hydrogen-bond donors (Lipinski definition) is 1. The topological polar surface area (TPSA) is 86.7 Å². The molecule has 2 aliphatic heterocycles. The van der Waals surface area contributed by atoms with Gasteiger partial charge in [-0.3, -0.25) is 9.69 Å². The van der Waals surface area contributed by atoms with Crippen LogP contribution in [0.2, 0.25) is 5.02 Å². The first kappa shape index (κ1) is 33.3. The molecular weight excluding hydrogens is 634 g/mol. The van der Waals surface area contributed by atoms with Crippen molar-refractivity contribution >= 4 is 45.7 Å². The van der Waals surface area contributed by atoms with E-state index in [0.29, 0.717) is 49.7 Å². The number of hydrogen-bond acceptors (Lipinski definition) is 10. The number of esters is 1. The summed E-state index contributed by atoms with van der Waals surface area (Å²) >= 11 is 7.36. The first-order chi connectivity index (χ1) is 21.4. The number of carbonyl (C=O) groups excluding carboxylic acids is 1. The molecule has 2 fully saturated rings. The van der Waals surface area contributed by atoms with E-state index in [2.05, 4.69) is 37.0 Å². The number of alkyl halides is 3. The van der Waals surface area contributed by atoms with E-state index < -0.39 is 17.6 Å². The number of thiazole rings is 1. The average Bonchev–Trinajstić information content (AvgIpc) is 3.73. The van der Waals surface area contributed by atoms with E-state index in [1.165, 1.54) is 23.7 Å². The van der Waals surface area contributed by atoms with Gasteiger partial charge in [0, 0.05) is 53.7 Å². The molecule has 2 aromatic heterocycles. The fourth-order valence-electron chi connectivity index (χ4n) is 5.79. The van der Waals surface area contributed by atoms with Crippen LogP contribution in [0.15, 0.2) is 24.5 Å². The van der Waals surface area contributed by atoms with Crippen LogP contribution in [0.1, 0.15) is 50.0 Å². The molecule has 0 aliphatic carbocycles. The summed E-state index contributed by atoms with van der Waals surface area (Å²) < 4.78 is 61.8. The minimum absolute atomic E-state index is 0.0511. The number of halogens is 5. The van der Waals surface area contributed by atoms with Crippen molar-refractivity contribution in [2.24, 2.45) is 0 Å². The maximum absolute atomic E-state index is 15.8. The van der Waals surface area contributed by atoms with E-state index >= 15 is 4.39 Å². The summed E-state index contributed by atoms with van der Waals surface area (Å²) in [6, 6.07) is 3.80. The highest BCUT2D eigenvalue weighted by atomic mass is 35.5. The van der Waals surface area contributed by atoms with Gasteiger partial charge in [0.15, 0.2) is 16.8 Å². The van der Waals surface area contributed by atoms with Gasteiger partial charge in [0.1, 0.15) is 6.33 Å². The number of likely N-dealkylation sites (tertiary alicyclic amines) is 1. The Morgan fingerprint density at radius 1 is 1.22 bits per heavy atom. The van der Waals surface area contributed by atoms with Gasteiger partial charge in [0.2, 0.25) is 5.82 Å². The SMILES string of the molecule is CCOC(=O)CCN(C)[C@H]1CCN(c2ncnc(Nc3nc(-c4cc(Cl)cc(C(F)(F)F)c4)c(CN4CCC[C@H]4C)s3)c2F)C1. The molecule has 0 unspecified atom stereocenters. The summed E-state index contributed by atoms with van der Waals surface area (Å²) in [5.41, 5.74) is -0.271. The molecule has 0 bridgehead atoms. The third kappa shape index (κ3) is 8.02. The van der Waals surface area contributed by atoms with E-state index in [1.54, 1.807) is 6.92 Å². The number of benzene rings is 1. The Hall–Kier alpha value is -3.07. The van der Waals surface area contributed by atoms with Crippen molar-refractivity contribution in [1.29, 1.82) is 0 Å². The summed E-state index contributed by atoms with van der Waals surface area (Å²) in [5, 5.41) is 3.20. The van der Waals surface area contributed by atoms with Crippen LogP contribution in [0.25, 0.3) is 11.3 Å². The molecule has 3 aromatic rings. The minimum Gasteiger partial charge on any atom is -0.466 e. The number of likely N-dealkylation sites (N-methyl/N-ethyl adjacent to an activating group) is 1. The van der Waals surface area contributed by atoms with E-state index in [1.807, 2.05) is 11.9 Å². The first-order valence-electron chi connectivity index (χ1n) is 14.9. The van der Waals surface area contributed by atoms with Gasteiger partial charge in [0.25, 0.3) is 0 Å². The minimum atomic E-state index is -4.58. The fourth-order valence-corrected chi connectivity index (χ4v) is 7.03. The van der Waals surface area contributed by atoms with Crippen molar-refractivity contribution in [3.63, 3.8) is 0 Å². The van der Waals surface area contributed by atoms with E-state index in [4.69, 9.17) is 16.3 Å². The van der Waals surface area contributed by atoms with Crippen molar-refractivity contribution in [3.05, 3.63) is 45.8 Å². The van der Waals surface area contributed by atoms with Crippen LogP contribution in [-0.4, -0.2) is 82.6 Å². The lowest BCUT2D eigenvalue weighted by Crippen LogP contribution is -2.36. The average molecular weight is 670 g/mol. The van der Waals surface area contributed by atoms with Gasteiger partial charge >= 0.3 is 12.1 Å². The maximum atomic E-state index is 15.8. The van der Waals surface area contributed by atoms with Crippen molar-refractivity contribution in [2.75, 3.05) is 50.1 Å². The maximum Gasteiger partial charge on any atom is 0.416 e. The second-order valence-electron chi connectivity index (χ2n) is 11.4. The van der Waals surface area contributed by atoms with Gasteiger partial charge in [-0.15, -0.1) is 0 Å². The number of aromatic nitrogens is 3. The quantitative estimate of drug-likeness (QED) is 0.179. The molecule has 4 heterocycles. The zero-order valence-electron chi connectivity index (χ0n) is 25.3. The van der Waals surface area contributed by atoms with Gasteiger partial charge in [0.05, 0.1) is 24.3 Å². The highest BCUT2D eigenvalue weighted by molar-refractivity contribution is 7.16. The molecule has 1 aromatic carbocycles. The highest BCUT2D eigenvalue weighted by Crippen LogP contribution is 2.40. The number of nitrogens with one attached hydrogen (secondary N) is 1. The Labute approximate surface area is 268 Å². The summed E-state index contributed by atoms with van der Waals surface area (Å²) in [5.74, 6) is -0.846. The van der Waals surface area contributed by atoms with Crippen molar-refractivity contribution in [1.82, 2.24) is 24.8 Å². The number of rotatable bonds is 11. The lowest BCUT2D eigenvalue weighted by Gasteiger charge is -2.24. The van der Waals surface area contributed by atoms with Crippen LogP contribution in [0.3, 0.4) is 0 Å². The fraction of sp³-hybridized carbons (Fsp3) is 0.533. The Balaban J connectivity index is 1.37. The van der Waals surface area contributed by atoms with Crippen molar-refractivity contribution in [2.45, 2.75) is 64.3 Å². The lowest BCUT2D eigenvalue weighted by atomic mass is 10.1. The van der Waals surface area contributed by atoms with Gasteiger partial charge in [-0.05, 0) is 64.9 Å². The molecule has 45 heavy (non-hydrogen) atoms. The molecule has 0 spiro atoms. The zero-order chi connectivity index (χ0) is 32.3. The molecule has 9 nitrogen and oxygen atoms in total. The van der Waals surface area contributed by atoms with Crippen LogP contribution in [-0.2, 0) is 22.3 Å². The predicted octanol–water partition coefficient (Wildman–Crippen LogP) is 6.60. The van der Waals surface area contributed by atoms with Gasteiger partial charge in [-0.25, -0.2) is 15.0 Å². The lowest BCUT2D eigenvalue weighted by molar-refractivity contribution is -0.143. The Morgan fingerprint density at radius 2 is 2.02 bits per heavy atom. The Kier molecular flexibility index (Phi) is 10.5. The second kappa shape index (κ2) is 14.1. The molecule has 15 heteroatoms. The number of anilines is 3. The van der Waals surface area contributed by atoms with Crippen LogP contribution < -0.4 is 10.2 Å². The monoisotopic (exact) mass is 669 g/mol. The normalized spacial score (nSPS) is 19.1.